The maximum absolute atomic E-state index is 13.1. The Morgan fingerprint density at radius 3 is 2.59 bits per heavy atom. The van der Waals surface area contributed by atoms with Crippen molar-refractivity contribution in [3.05, 3.63) is 63.9 Å². The molecule has 0 aliphatic heterocycles. The number of amides is 1. The third-order valence-electron chi connectivity index (χ3n) is 4.70. The molecule has 9 heteroatoms. The zero-order chi connectivity index (χ0) is 20.8. The van der Waals surface area contributed by atoms with Crippen LogP contribution in [0.1, 0.15) is 23.5 Å². The molecule has 1 atom stereocenters. The Labute approximate surface area is 166 Å². The molecule has 0 radical (unpaired) electrons. The molecular weight excluding hydrogens is 377 g/mol. The molecule has 3 aromatic rings. The summed E-state index contributed by atoms with van der Waals surface area (Å²) in [4.78, 5) is 38.0. The number of nitroso groups, excluding NO2 is 2. The molecule has 150 valence electrons. The summed E-state index contributed by atoms with van der Waals surface area (Å²) in [5.74, 6) is -0.526. The van der Waals surface area contributed by atoms with Gasteiger partial charge in [-0.2, -0.15) is 9.81 Å². The van der Waals surface area contributed by atoms with Crippen LogP contribution in [0, 0.1) is 15.6 Å². The lowest BCUT2D eigenvalue weighted by molar-refractivity contribution is 0.0938. The Kier molecular flexibility index (Phi) is 6.38. The quantitative estimate of drug-likeness (QED) is 0.438. The van der Waals surface area contributed by atoms with E-state index in [0.29, 0.717) is 18.4 Å². The molecule has 0 unspecified atom stereocenters. The highest BCUT2D eigenvalue weighted by Crippen LogP contribution is 2.25. The summed E-state index contributed by atoms with van der Waals surface area (Å²) < 4.78 is 14.8. The first-order valence-electron chi connectivity index (χ1n) is 9.15. The Balaban J connectivity index is 1.76. The van der Waals surface area contributed by atoms with Gasteiger partial charge in [0.15, 0.2) is 5.82 Å². The number of hydrogen-bond acceptors (Lipinski definition) is 6. The highest BCUT2D eigenvalue weighted by atomic mass is 19.1. The fourth-order valence-electron chi connectivity index (χ4n) is 3.10. The van der Waals surface area contributed by atoms with E-state index in [1.807, 2.05) is 18.2 Å². The van der Waals surface area contributed by atoms with E-state index in [1.54, 1.807) is 23.7 Å². The van der Waals surface area contributed by atoms with Gasteiger partial charge in [-0.25, -0.2) is 9.37 Å². The third-order valence-corrected chi connectivity index (χ3v) is 4.70. The van der Waals surface area contributed by atoms with Crippen LogP contribution in [-0.2, 0) is 7.05 Å². The molecule has 29 heavy (non-hydrogen) atoms. The van der Waals surface area contributed by atoms with Crippen molar-refractivity contribution >= 4 is 16.9 Å². The maximum atomic E-state index is 13.1. The molecule has 0 spiro atoms. The summed E-state index contributed by atoms with van der Waals surface area (Å²) in [6.07, 6.45) is 0.813. The average Bonchev–Trinajstić information content (AvgIpc) is 3.07. The first-order chi connectivity index (χ1) is 14.0. The Morgan fingerprint density at radius 2 is 1.90 bits per heavy atom. The number of nitrogens with zero attached hydrogens (tertiary/aromatic N) is 4. The second-order valence-corrected chi connectivity index (χ2v) is 6.67. The first-order valence-corrected chi connectivity index (χ1v) is 9.15. The van der Waals surface area contributed by atoms with E-state index >= 15 is 0 Å². The highest BCUT2D eigenvalue weighted by Gasteiger charge is 2.18. The second kappa shape index (κ2) is 9.13. The van der Waals surface area contributed by atoms with Crippen molar-refractivity contribution in [2.75, 3.05) is 13.1 Å². The van der Waals surface area contributed by atoms with E-state index in [-0.39, 0.29) is 24.7 Å². The lowest BCUT2D eigenvalue weighted by atomic mass is 10.1. The molecule has 0 aliphatic rings. The van der Waals surface area contributed by atoms with Gasteiger partial charge in [-0.1, -0.05) is 28.6 Å². The largest absolute Gasteiger partial charge is 0.347 e. The monoisotopic (exact) mass is 397 g/mol. The van der Waals surface area contributed by atoms with Crippen LogP contribution in [0.4, 0.5) is 4.39 Å². The van der Waals surface area contributed by atoms with Gasteiger partial charge >= 0.3 is 0 Å². The normalized spacial score (nSPS) is 11.9. The minimum Gasteiger partial charge on any atom is -0.347 e. The van der Waals surface area contributed by atoms with Crippen molar-refractivity contribution in [1.29, 1.82) is 0 Å². The number of fused-ring (bicyclic) bond motifs is 1. The average molecular weight is 397 g/mol. The molecule has 1 N–H and O–H groups in total. The van der Waals surface area contributed by atoms with E-state index in [2.05, 4.69) is 20.7 Å². The predicted molar refractivity (Wildman–Crippen MR) is 108 cm³/mol. The zero-order valence-electron chi connectivity index (χ0n) is 15.8. The summed E-state index contributed by atoms with van der Waals surface area (Å²) in [5.41, 5.74) is 3.09. The van der Waals surface area contributed by atoms with Crippen LogP contribution in [-0.4, -0.2) is 34.6 Å². The van der Waals surface area contributed by atoms with Crippen LogP contribution in [0.5, 0.6) is 0 Å². The third kappa shape index (κ3) is 4.68. The van der Waals surface area contributed by atoms with Gasteiger partial charge in [-0.15, -0.1) is 0 Å². The molecule has 0 fully saturated rings. The van der Waals surface area contributed by atoms with Gasteiger partial charge in [-0.05, 0) is 48.2 Å². The van der Waals surface area contributed by atoms with Crippen molar-refractivity contribution < 1.29 is 9.18 Å². The number of carbonyl (C=O) groups is 1. The lowest BCUT2D eigenvalue weighted by Gasteiger charge is -2.09. The molecule has 1 amide bonds. The van der Waals surface area contributed by atoms with Crippen molar-refractivity contribution in [1.82, 2.24) is 14.9 Å². The van der Waals surface area contributed by atoms with Gasteiger partial charge in [0.2, 0.25) is 0 Å². The van der Waals surface area contributed by atoms with E-state index < -0.39 is 11.9 Å². The number of halogens is 1. The van der Waals surface area contributed by atoms with Crippen LogP contribution in [0.15, 0.2) is 52.8 Å². The molecule has 1 aromatic heterocycles. The number of benzene rings is 2. The van der Waals surface area contributed by atoms with E-state index in [1.165, 1.54) is 12.1 Å². The van der Waals surface area contributed by atoms with Crippen LogP contribution >= 0.6 is 0 Å². The SMILES string of the molecule is Cn1c(C(=O)NC[C@@H](CCCN=O)N=O)nc2cc(-c3ccc(F)cc3)ccc21. The Hall–Kier alpha value is -3.49. The molecule has 0 saturated heterocycles. The van der Waals surface area contributed by atoms with Gasteiger partial charge in [0.05, 0.1) is 17.6 Å². The molecule has 3 rings (SSSR count). The molecule has 2 aromatic carbocycles. The number of hydrogen-bond donors (Lipinski definition) is 1. The smallest absolute Gasteiger partial charge is 0.287 e. The summed E-state index contributed by atoms with van der Waals surface area (Å²) >= 11 is 0. The van der Waals surface area contributed by atoms with Crippen molar-refractivity contribution in [3.63, 3.8) is 0 Å². The van der Waals surface area contributed by atoms with Gasteiger partial charge in [0, 0.05) is 13.6 Å². The van der Waals surface area contributed by atoms with Gasteiger partial charge in [0.25, 0.3) is 5.91 Å². The summed E-state index contributed by atoms with van der Waals surface area (Å²) in [5, 5.41) is 8.39. The van der Waals surface area contributed by atoms with Crippen molar-refractivity contribution in [2.24, 2.45) is 17.4 Å². The summed E-state index contributed by atoms with van der Waals surface area (Å²) in [6.45, 7) is 0.173. The van der Waals surface area contributed by atoms with E-state index in [9.17, 15) is 19.0 Å². The molecule has 1 heterocycles. The van der Waals surface area contributed by atoms with Crippen molar-refractivity contribution in [2.45, 2.75) is 18.9 Å². The topological polar surface area (TPSA) is 106 Å². The van der Waals surface area contributed by atoms with Crippen LogP contribution in [0.25, 0.3) is 22.2 Å². The number of rotatable bonds is 9. The minimum atomic E-state index is -0.625. The number of aryl methyl sites for hydroxylation is 1. The van der Waals surface area contributed by atoms with Crippen LogP contribution < -0.4 is 5.32 Å². The zero-order valence-corrected chi connectivity index (χ0v) is 15.8. The van der Waals surface area contributed by atoms with E-state index in [4.69, 9.17) is 0 Å². The fourth-order valence-corrected chi connectivity index (χ4v) is 3.10. The molecule has 0 aliphatic carbocycles. The summed E-state index contributed by atoms with van der Waals surface area (Å²) in [7, 11) is 1.73. The van der Waals surface area contributed by atoms with E-state index in [0.717, 1.165) is 16.6 Å². The maximum Gasteiger partial charge on any atom is 0.287 e. The van der Waals surface area contributed by atoms with Gasteiger partial charge in [-0.3, -0.25) is 4.79 Å². The fraction of sp³-hybridized carbons (Fsp3) is 0.300. The molecule has 8 nitrogen and oxygen atoms in total. The number of nitrogens with one attached hydrogen (secondary N) is 1. The van der Waals surface area contributed by atoms with Gasteiger partial charge in [0.1, 0.15) is 11.9 Å². The molecular formula is C20H20FN5O3. The summed E-state index contributed by atoms with van der Waals surface area (Å²) in [6, 6.07) is 11.1. The standard InChI is InChI=1S/C20H20FN5O3/c1-26-18-9-6-14(13-4-7-15(21)8-5-13)11-17(18)24-19(26)20(27)22-12-16(25-29)3-2-10-23-28/h4-9,11,16H,2-3,10,12H2,1H3,(H,22,27)/t16-/m1/s1. The van der Waals surface area contributed by atoms with Gasteiger partial charge < -0.3 is 9.88 Å². The predicted octanol–water partition coefficient (Wildman–Crippen LogP) is 3.79. The Bertz CT molecular complexity index is 1030. The molecule has 0 saturated carbocycles. The minimum absolute atomic E-state index is 0.0607. The first kappa shape index (κ1) is 20.2. The number of imidazole rings is 1. The molecule has 0 bridgehead atoms. The van der Waals surface area contributed by atoms with Crippen LogP contribution in [0.3, 0.4) is 0 Å². The van der Waals surface area contributed by atoms with Crippen molar-refractivity contribution in [3.8, 4) is 11.1 Å². The highest BCUT2D eigenvalue weighted by molar-refractivity contribution is 5.95. The number of carbonyl (C=O) groups excluding carboxylic acids is 1. The number of aromatic nitrogens is 2. The lowest BCUT2D eigenvalue weighted by Crippen LogP contribution is -2.32. The Morgan fingerprint density at radius 1 is 1.17 bits per heavy atom. The van der Waals surface area contributed by atoms with Crippen LogP contribution in [0.2, 0.25) is 0 Å². The second-order valence-electron chi connectivity index (χ2n) is 6.67.